The molecule has 0 unspecified atom stereocenters. The molecular formula is C18H17N3O3. The molecule has 0 saturated heterocycles. The van der Waals surface area contributed by atoms with E-state index in [0.717, 1.165) is 5.56 Å². The third kappa shape index (κ3) is 3.27. The number of phenols is 1. The van der Waals surface area contributed by atoms with Crippen LogP contribution in [0.4, 0.5) is 5.69 Å². The Bertz CT molecular complexity index is 963. The topological polar surface area (TPSA) is 84.2 Å². The minimum Gasteiger partial charge on any atom is -0.506 e. The summed E-state index contributed by atoms with van der Waals surface area (Å²) in [7, 11) is 0. The van der Waals surface area contributed by atoms with Gasteiger partial charge >= 0.3 is 0 Å². The molecule has 0 spiro atoms. The van der Waals surface area contributed by atoms with Crippen LogP contribution < -0.4 is 10.9 Å². The van der Waals surface area contributed by atoms with Crippen molar-refractivity contribution >= 4 is 22.5 Å². The molecule has 0 radical (unpaired) electrons. The number of para-hydroxylation sites is 1. The fourth-order valence-electron chi connectivity index (χ4n) is 2.45. The van der Waals surface area contributed by atoms with E-state index in [2.05, 4.69) is 10.3 Å². The van der Waals surface area contributed by atoms with Gasteiger partial charge in [-0.3, -0.25) is 14.2 Å². The number of carbonyl (C=O) groups excluding carboxylic acids is 1. The first-order valence-electron chi connectivity index (χ1n) is 7.58. The lowest BCUT2D eigenvalue weighted by atomic mass is 10.2. The number of anilines is 1. The molecule has 0 aliphatic heterocycles. The van der Waals surface area contributed by atoms with E-state index in [0.29, 0.717) is 16.6 Å². The number of fused-ring (bicyclic) bond motifs is 1. The van der Waals surface area contributed by atoms with Crippen molar-refractivity contribution in [3.05, 3.63) is 64.7 Å². The van der Waals surface area contributed by atoms with Crippen LogP contribution in [-0.4, -0.2) is 20.6 Å². The molecule has 0 aliphatic carbocycles. The zero-order valence-electron chi connectivity index (χ0n) is 13.2. The molecule has 24 heavy (non-hydrogen) atoms. The minimum absolute atomic E-state index is 0.0212. The zero-order chi connectivity index (χ0) is 17.1. The molecule has 6 heteroatoms. The molecule has 0 bridgehead atoms. The highest BCUT2D eigenvalue weighted by molar-refractivity contribution is 5.92. The fraction of sp³-hybridized carbons (Fsp3) is 0.167. The first-order valence-corrected chi connectivity index (χ1v) is 7.58. The van der Waals surface area contributed by atoms with Gasteiger partial charge in [0.2, 0.25) is 5.91 Å². The Kier molecular flexibility index (Phi) is 4.29. The molecule has 0 atom stereocenters. The van der Waals surface area contributed by atoms with Gasteiger partial charge < -0.3 is 10.4 Å². The number of aryl methyl sites for hydroxylation is 2. The van der Waals surface area contributed by atoms with Crippen LogP contribution in [0.3, 0.4) is 0 Å². The Labute approximate surface area is 138 Å². The Morgan fingerprint density at radius 3 is 2.83 bits per heavy atom. The highest BCUT2D eigenvalue weighted by Crippen LogP contribution is 2.23. The van der Waals surface area contributed by atoms with Gasteiger partial charge in [0.25, 0.3) is 5.56 Å². The molecule has 3 rings (SSSR count). The number of nitrogens with one attached hydrogen (secondary N) is 1. The Balaban J connectivity index is 1.70. The van der Waals surface area contributed by atoms with Gasteiger partial charge in [-0.2, -0.15) is 0 Å². The van der Waals surface area contributed by atoms with Gasteiger partial charge in [0, 0.05) is 13.0 Å². The van der Waals surface area contributed by atoms with Crippen LogP contribution in [0.15, 0.2) is 53.6 Å². The molecule has 1 aromatic heterocycles. The number of carbonyl (C=O) groups is 1. The number of rotatable bonds is 4. The molecule has 6 nitrogen and oxygen atoms in total. The molecule has 1 heterocycles. The predicted octanol–water partition coefficient (Wildman–Crippen LogP) is 2.44. The molecule has 2 N–H and O–H groups in total. The Hall–Kier alpha value is -3.15. The normalized spacial score (nSPS) is 10.7. The van der Waals surface area contributed by atoms with Crippen LogP contribution in [-0.2, 0) is 11.3 Å². The highest BCUT2D eigenvalue weighted by atomic mass is 16.3. The van der Waals surface area contributed by atoms with E-state index in [9.17, 15) is 14.7 Å². The maximum absolute atomic E-state index is 12.3. The Morgan fingerprint density at radius 1 is 1.25 bits per heavy atom. The van der Waals surface area contributed by atoms with Crippen molar-refractivity contribution in [1.29, 1.82) is 0 Å². The van der Waals surface area contributed by atoms with Crippen molar-refractivity contribution in [2.75, 3.05) is 5.32 Å². The summed E-state index contributed by atoms with van der Waals surface area (Å²) in [5, 5.41) is 13.0. The van der Waals surface area contributed by atoms with Crippen LogP contribution in [0.1, 0.15) is 12.0 Å². The van der Waals surface area contributed by atoms with Crippen molar-refractivity contribution < 1.29 is 9.90 Å². The van der Waals surface area contributed by atoms with Crippen molar-refractivity contribution in [2.45, 2.75) is 19.9 Å². The summed E-state index contributed by atoms with van der Waals surface area (Å²) in [6, 6.07) is 12.1. The third-order valence-corrected chi connectivity index (χ3v) is 3.74. The second kappa shape index (κ2) is 6.54. The van der Waals surface area contributed by atoms with E-state index in [4.69, 9.17) is 0 Å². The number of aromatic nitrogens is 2. The fourth-order valence-corrected chi connectivity index (χ4v) is 2.45. The van der Waals surface area contributed by atoms with Gasteiger partial charge in [0.15, 0.2) is 0 Å². The minimum atomic E-state index is -0.283. The molecule has 122 valence electrons. The standard InChI is InChI=1S/C18H17N3O3/c1-12-6-7-15(16(22)10-12)20-17(23)8-9-21-11-19-14-5-3-2-4-13(14)18(21)24/h2-7,10-11,22H,8-9H2,1H3,(H,20,23). The summed E-state index contributed by atoms with van der Waals surface area (Å²) >= 11 is 0. The molecule has 1 amide bonds. The van der Waals surface area contributed by atoms with Gasteiger partial charge in [-0.1, -0.05) is 18.2 Å². The van der Waals surface area contributed by atoms with Gasteiger partial charge in [0.1, 0.15) is 5.75 Å². The first-order chi connectivity index (χ1) is 11.5. The molecular weight excluding hydrogens is 306 g/mol. The van der Waals surface area contributed by atoms with Crippen LogP contribution in [0.2, 0.25) is 0 Å². The number of amides is 1. The summed E-state index contributed by atoms with van der Waals surface area (Å²) in [6.45, 7) is 2.07. The van der Waals surface area contributed by atoms with E-state index in [1.807, 2.05) is 13.0 Å². The second-order valence-corrected chi connectivity index (χ2v) is 5.58. The summed E-state index contributed by atoms with van der Waals surface area (Å²) in [5.41, 5.74) is 1.72. The van der Waals surface area contributed by atoms with E-state index in [-0.39, 0.29) is 30.2 Å². The number of hydrogen-bond donors (Lipinski definition) is 2. The quantitative estimate of drug-likeness (QED) is 0.722. The molecule has 2 aromatic carbocycles. The number of hydrogen-bond acceptors (Lipinski definition) is 4. The van der Waals surface area contributed by atoms with Gasteiger partial charge in [-0.25, -0.2) is 4.98 Å². The van der Waals surface area contributed by atoms with Gasteiger partial charge in [0.05, 0.1) is 22.9 Å². The molecule has 0 saturated carbocycles. The number of nitrogens with zero attached hydrogens (tertiary/aromatic N) is 2. The van der Waals surface area contributed by atoms with Gasteiger partial charge in [-0.05, 0) is 36.8 Å². The van der Waals surface area contributed by atoms with E-state index in [1.165, 1.54) is 10.9 Å². The van der Waals surface area contributed by atoms with E-state index < -0.39 is 0 Å². The second-order valence-electron chi connectivity index (χ2n) is 5.58. The molecule has 3 aromatic rings. The lowest BCUT2D eigenvalue weighted by molar-refractivity contribution is -0.116. The Morgan fingerprint density at radius 2 is 2.04 bits per heavy atom. The van der Waals surface area contributed by atoms with Crippen LogP contribution in [0.5, 0.6) is 5.75 Å². The van der Waals surface area contributed by atoms with Crippen molar-refractivity contribution in [1.82, 2.24) is 9.55 Å². The monoisotopic (exact) mass is 323 g/mol. The smallest absolute Gasteiger partial charge is 0.261 e. The van der Waals surface area contributed by atoms with E-state index in [1.54, 1.807) is 36.4 Å². The average Bonchev–Trinajstić information content (AvgIpc) is 2.57. The molecule has 0 aliphatic rings. The van der Waals surface area contributed by atoms with Crippen molar-refractivity contribution in [2.24, 2.45) is 0 Å². The number of aromatic hydroxyl groups is 1. The average molecular weight is 323 g/mol. The van der Waals surface area contributed by atoms with Crippen molar-refractivity contribution in [3.63, 3.8) is 0 Å². The highest BCUT2D eigenvalue weighted by Gasteiger charge is 2.09. The summed E-state index contributed by atoms with van der Waals surface area (Å²) < 4.78 is 1.41. The maximum Gasteiger partial charge on any atom is 0.261 e. The summed E-state index contributed by atoms with van der Waals surface area (Å²) in [5.74, 6) is -0.262. The van der Waals surface area contributed by atoms with Crippen LogP contribution in [0, 0.1) is 6.92 Å². The SMILES string of the molecule is Cc1ccc(NC(=O)CCn2cnc3ccccc3c2=O)c(O)c1. The number of benzene rings is 2. The van der Waals surface area contributed by atoms with Crippen molar-refractivity contribution in [3.8, 4) is 5.75 Å². The van der Waals surface area contributed by atoms with E-state index >= 15 is 0 Å². The lowest BCUT2D eigenvalue weighted by Crippen LogP contribution is -2.23. The maximum atomic E-state index is 12.3. The van der Waals surface area contributed by atoms with Gasteiger partial charge in [-0.15, -0.1) is 0 Å². The first kappa shape index (κ1) is 15.7. The molecule has 0 fully saturated rings. The third-order valence-electron chi connectivity index (χ3n) is 3.74. The summed E-state index contributed by atoms with van der Waals surface area (Å²) in [6.07, 6.45) is 1.55. The summed E-state index contributed by atoms with van der Waals surface area (Å²) in [4.78, 5) is 28.6. The zero-order valence-corrected chi connectivity index (χ0v) is 13.2. The largest absolute Gasteiger partial charge is 0.506 e. The number of phenolic OH excluding ortho intramolecular Hbond substituents is 1. The van der Waals surface area contributed by atoms with Crippen LogP contribution in [0.25, 0.3) is 10.9 Å². The predicted molar refractivity (Wildman–Crippen MR) is 92.1 cm³/mol. The lowest BCUT2D eigenvalue weighted by Gasteiger charge is -2.09. The van der Waals surface area contributed by atoms with Crippen LogP contribution >= 0.6 is 0 Å².